The van der Waals surface area contributed by atoms with E-state index in [1.165, 1.54) is 6.42 Å². The first kappa shape index (κ1) is 19.1. The van der Waals surface area contributed by atoms with Crippen LogP contribution in [0.4, 0.5) is 0 Å². The van der Waals surface area contributed by atoms with Crippen LogP contribution in [0.5, 0.6) is 0 Å². The number of nitrogens with zero attached hydrogens (tertiary/aromatic N) is 1. The van der Waals surface area contributed by atoms with Crippen LogP contribution in [0.25, 0.3) is 0 Å². The third-order valence-corrected chi connectivity index (χ3v) is 5.23. The van der Waals surface area contributed by atoms with Gasteiger partial charge in [-0.15, -0.1) is 0 Å². The lowest BCUT2D eigenvalue weighted by Crippen LogP contribution is -2.39. The maximum atomic E-state index is 12.7. The topological polar surface area (TPSA) is 104 Å². The molecule has 0 unspecified atom stereocenters. The Kier molecular flexibility index (Phi) is 6.99. The zero-order chi connectivity index (χ0) is 17.6. The highest BCUT2D eigenvalue weighted by molar-refractivity contribution is 7.50. The normalized spacial score (nSPS) is 16.1. The van der Waals surface area contributed by atoms with Crippen LogP contribution in [0.2, 0.25) is 0 Å². The number of hydrogen-bond donors (Lipinski definition) is 3. The minimum atomic E-state index is -4.06. The van der Waals surface area contributed by atoms with Crippen LogP contribution in [0, 0.1) is 5.92 Å². The molecule has 4 N–H and O–H groups in total. The summed E-state index contributed by atoms with van der Waals surface area (Å²) >= 11 is 0. The molecule has 24 heavy (non-hydrogen) atoms. The summed E-state index contributed by atoms with van der Waals surface area (Å²) < 4.78 is 11.0. The van der Waals surface area contributed by atoms with Crippen LogP contribution < -0.4 is 5.73 Å². The van der Waals surface area contributed by atoms with E-state index < -0.39 is 7.60 Å². The zero-order valence-electron chi connectivity index (χ0n) is 13.9. The Labute approximate surface area is 143 Å². The van der Waals surface area contributed by atoms with Gasteiger partial charge in [-0.25, -0.2) is 0 Å². The number of rotatable bonds is 7. The Morgan fingerprint density at radius 1 is 1.12 bits per heavy atom. The molecule has 0 aliphatic heterocycles. The highest BCUT2D eigenvalue weighted by atomic mass is 31.2. The van der Waals surface area contributed by atoms with E-state index in [1.807, 2.05) is 17.0 Å². The number of carbonyl (C=O) groups excluding carboxylic acids is 1. The van der Waals surface area contributed by atoms with Gasteiger partial charge in [0.1, 0.15) is 0 Å². The molecule has 0 saturated heterocycles. The second kappa shape index (κ2) is 8.77. The van der Waals surface area contributed by atoms with Gasteiger partial charge < -0.3 is 20.4 Å². The summed E-state index contributed by atoms with van der Waals surface area (Å²) in [5, 5.41) is 0. The molecule has 0 heterocycles. The van der Waals surface area contributed by atoms with E-state index >= 15 is 0 Å². The van der Waals surface area contributed by atoms with E-state index in [1.54, 1.807) is 12.1 Å². The van der Waals surface area contributed by atoms with E-state index in [-0.39, 0.29) is 18.0 Å². The van der Waals surface area contributed by atoms with Crippen molar-refractivity contribution in [2.75, 3.05) is 13.1 Å². The van der Waals surface area contributed by atoms with E-state index in [4.69, 9.17) is 15.5 Å². The molecular formula is C17H27N2O4P. The summed E-state index contributed by atoms with van der Waals surface area (Å²) in [7, 11) is -4.06. The van der Waals surface area contributed by atoms with Crippen molar-refractivity contribution in [1.29, 1.82) is 0 Å². The van der Waals surface area contributed by atoms with Gasteiger partial charge in [0.25, 0.3) is 0 Å². The molecule has 1 aliphatic carbocycles. The van der Waals surface area contributed by atoms with E-state index in [0.717, 1.165) is 31.2 Å². The molecule has 1 fully saturated rings. The van der Waals surface area contributed by atoms with Crippen LogP contribution in [0.3, 0.4) is 0 Å². The van der Waals surface area contributed by atoms with E-state index in [9.17, 15) is 9.36 Å². The van der Waals surface area contributed by atoms with Crippen molar-refractivity contribution < 1.29 is 19.1 Å². The second-order valence-corrected chi connectivity index (χ2v) is 8.17. The molecule has 1 amide bonds. The van der Waals surface area contributed by atoms with Gasteiger partial charge in [-0.2, -0.15) is 0 Å². The zero-order valence-corrected chi connectivity index (χ0v) is 14.8. The molecule has 7 heteroatoms. The molecule has 0 aromatic heterocycles. The van der Waals surface area contributed by atoms with Crippen LogP contribution in [-0.4, -0.2) is 33.7 Å². The van der Waals surface area contributed by atoms with Gasteiger partial charge in [0.05, 0.1) is 6.16 Å². The minimum absolute atomic E-state index is 0.110. The molecule has 1 aliphatic rings. The Morgan fingerprint density at radius 3 is 2.25 bits per heavy atom. The summed E-state index contributed by atoms with van der Waals surface area (Å²) in [6.07, 6.45) is 5.10. The highest BCUT2D eigenvalue weighted by Crippen LogP contribution is 2.39. The van der Waals surface area contributed by atoms with Crippen molar-refractivity contribution in [3.63, 3.8) is 0 Å². The molecule has 134 valence electrons. The van der Waals surface area contributed by atoms with Crippen molar-refractivity contribution in [3.05, 3.63) is 35.4 Å². The predicted molar refractivity (Wildman–Crippen MR) is 93.2 cm³/mol. The molecule has 1 aromatic rings. The summed E-state index contributed by atoms with van der Waals surface area (Å²) in [4.78, 5) is 32.6. The Bertz CT molecular complexity index is 579. The standard InChI is InChI=1S/C17H27N2O4P/c18-10-11-19(17(20)16-4-2-1-3-5-16)12-14-6-8-15(9-7-14)13-24(21,22)23/h6-9,16H,1-5,10-13,18H2,(H2,21,22,23). The molecule has 0 radical (unpaired) electrons. The van der Waals surface area contributed by atoms with Crippen molar-refractivity contribution in [2.45, 2.75) is 44.8 Å². The smallest absolute Gasteiger partial charge is 0.329 e. The molecule has 1 aromatic carbocycles. The first-order valence-electron chi connectivity index (χ1n) is 8.50. The number of nitrogens with two attached hydrogens (primary N) is 1. The van der Waals surface area contributed by atoms with Crippen molar-refractivity contribution in [2.24, 2.45) is 11.7 Å². The SMILES string of the molecule is NCCN(Cc1ccc(CP(=O)(O)O)cc1)C(=O)C1CCCCC1. The molecular weight excluding hydrogens is 327 g/mol. The van der Waals surface area contributed by atoms with Crippen molar-refractivity contribution in [3.8, 4) is 0 Å². The van der Waals surface area contributed by atoms with Crippen LogP contribution in [0.15, 0.2) is 24.3 Å². The molecule has 6 nitrogen and oxygen atoms in total. The number of hydrogen-bond acceptors (Lipinski definition) is 3. The summed E-state index contributed by atoms with van der Waals surface area (Å²) in [5.74, 6) is 0.290. The third kappa shape index (κ3) is 6.02. The fourth-order valence-corrected chi connectivity index (χ4v) is 3.93. The van der Waals surface area contributed by atoms with Gasteiger partial charge in [0, 0.05) is 25.6 Å². The Balaban J connectivity index is 2.01. The van der Waals surface area contributed by atoms with Crippen molar-refractivity contribution >= 4 is 13.5 Å². The lowest BCUT2D eigenvalue weighted by Gasteiger charge is -2.29. The summed E-state index contributed by atoms with van der Waals surface area (Å²) in [6, 6.07) is 7.06. The Hall–Kier alpha value is -1.20. The number of amides is 1. The summed E-state index contributed by atoms with van der Waals surface area (Å²) in [6.45, 7) is 1.44. The van der Waals surface area contributed by atoms with Crippen molar-refractivity contribution in [1.82, 2.24) is 4.90 Å². The second-order valence-electron chi connectivity index (χ2n) is 6.52. The number of carbonyl (C=O) groups is 1. The highest BCUT2D eigenvalue weighted by Gasteiger charge is 2.25. The van der Waals surface area contributed by atoms with Gasteiger partial charge in [-0.1, -0.05) is 43.5 Å². The van der Waals surface area contributed by atoms with Gasteiger partial charge in [0.2, 0.25) is 5.91 Å². The van der Waals surface area contributed by atoms with E-state index in [2.05, 4.69) is 0 Å². The monoisotopic (exact) mass is 354 g/mol. The molecule has 0 bridgehead atoms. The minimum Gasteiger partial charge on any atom is -0.337 e. The largest absolute Gasteiger partial charge is 0.337 e. The quantitative estimate of drug-likeness (QED) is 0.652. The average Bonchev–Trinajstić information content (AvgIpc) is 2.55. The lowest BCUT2D eigenvalue weighted by molar-refractivity contribution is -0.137. The third-order valence-electron chi connectivity index (χ3n) is 4.45. The van der Waals surface area contributed by atoms with Crippen LogP contribution >= 0.6 is 7.60 Å². The maximum Gasteiger partial charge on any atom is 0.329 e. The van der Waals surface area contributed by atoms with Gasteiger partial charge in [-0.05, 0) is 24.0 Å². The first-order chi connectivity index (χ1) is 11.4. The Morgan fingerprint density at radius 2 is 1.71 bits per heavy atom. The first-order valence-corrected chi connectivity index (χ1v) is 10.3. The summed E-state index contributed by atoms with van der Waals surface area (Å²) in [5.41, 5.74) is 7.20. The average molecular weight is 354 g/mol. The lowest BCUT2D eigenvalue weighted by atomic mass is 9.88. The van der Waals surface area contributed by atoms with Crippen LogP contribution in [-0.2, 0) is 22.1 Å². The molecule has 0 spiro atoms. The fraction of sp³-hybridized carbons (Fsp3) is 0.588. The van der Waals surface area contributed by atoms with Gasteiger partial charge in [-0.3, -0.25) is 9.36 Å². The molecule has 2 rings (SSSR count). The van der Waals surface area contributed by atoms with Gasteiger partial charge in [0.15, 0.2) is 0 Å². The fourth-order valence-electron chi connectivity index (χ4n) is 3.24. The maximum absolute atomic E-state index is 12.7. The molecule has 0 atom stereocenters. The van der Waals surface area contributed by atoms with Gasteiger partial charge >= 0.3 is 7.60 Å². The molecule has 1 saturated carbocycles. The number of benzene rings is 1. The van der Waals surface area contributed by atoms with E-state index in [0.29, 0.717) is 25.2 Å². The van der Waals surface area contributed by atoms with Crippen LogP contribution in [0.1, 0.15) is 43.2 Å². The predicted octanol–water partition coefficient (Wildman–Crippen LogP) is 2.23.